The van der Waals surface area contributed by atoms with E-state index in [-0.39, 0.29) is 30.3 Å². The van der Waals surface area contributed by atoms with Crippen LogP contribution in [-0.4, -0.2) is 39.0 Å². The lowest BCUT2D eigenvalue weighted by atomic mass is 10.2. The van der Waals surface area contributed by atoms with E-state index in [4.69, 9.17) is 4.74 Å². The smallest absolute Gasteiger partial charge is 0.240 e. The van der Waals surface area contributed by atoms with Gasteiger partial charge in [-0.25, -0.2) is 18.1 Å². The van der Waals surface area contributed by atoms with Gasteiger partial charge in [-0.1, -0.05) is 24.3 Å². The van der Waals surface area contributed by atoms with Crippen molar-refractivity contribution in [1.29, 1.82) is 0 Å². The quantitative estimate of drug-likeness (QED) is 0.440. The summed E-state index contributed by atoms with van der Waals surface area (Å²) in [5.74, 6) is 0.544. The minimum Gasteiger partial charge on any atom is -0.493 e. The SMILES string of the molecule is CCOc1ccccc1-c1nc(CC(=O)NCCNS(=O)(=O)c2cc(C)ccc2C)cs1. The molecule has 7 nitrogen and oxygen atoms in total. The second-order valence-corrected chi connectivity index (χ2v) is 9.86. The Kier molecular flexibility index (Phi) is 8.00. The Morgan fingerprint density at radius 2 is 1.91 bits per heavy atom. The number of thiazole rings is 1. The topological polar surface area (TPSA) is 97.4 Å². The molecule has 0 spiro atoms. The zero-order valence-electron chi connectivity index (χ0n) is 18.3. The molecule has 1 aromatic heterocycles. The monoisotopic (exact) mass is 473 g/mol. The average Bonchev–Trinajstić information content (AvgIpc) is 3.21. The maximum Gasteiger partial charge on any atom is 0.240 e. The van der Waals surface area contributed by atoms with Crippen LogP contribution in [0.3, 0.4) is 0 Å². The van der Waals surface area contributed by atoms with Crippen molar-refractivity contribution < 1.29 is 17.9 Å². The van der Waals surface area contributed by atoms with Crippen LogP contribution in [0.1, 0.15) is 23.7 Å². The van der Waals surface area contributed by atoms with Crippen LogP contribution in [0.25, 0.3) is 10.6 Å². The first-order valence-corrected chi connectivity index (χ1v) is 12.7. The molecule has 1 heterocycles. The Balaban J connectivity index is 1.51. The van der Waals surface area contributed by atoms with E-state index in [0.29, 0.717) is 17.9 Å². The van der Waals surface area contributed by atoms with Gasteiger partial charge in [0.1, 0.15) is 10.8 Å². The number of hydrogen-bond donors (Lipinski definition) is 2. The lowest BCUT2D eigenvalue weighted by Gasteiger charge is -2.10. The van der Waals surface area contributed by atoms with Gasteiger partial charge in [0.2, 0.25) is 15.9 Å². The van der Waals surface area contributed by atoms with Crippen molar-refractivity contribution in [3.63, 3.8) is 0 Å². The van der Waals surface area contributed by atoms with Crippen molar-refractivity contribution in [2.24, 2.45) is 0 Å². The van der Waals surface area contributed by atoms with E-state index in [9.17, 15) is 13.2 Å². The van der Waals surface area contributed by atoms with Gasteiger partial charge in [-0.2, -0.15) is 0 Å². The van der Waals surface area contributed by atoms with E-state index in [2.05, 4.69) is 15.0 Å². The molecule has 2 N–H and O–H groups in total. The summed E-state index contributed by atoms with van der Waals surface area (Å²) in [6, 6.07) is 13.0. The van der Waals surface area contributed by atoms with E-state index in [1.807, 2.05) is 49.6 Å². The van der Waals surface area contributed by atoms with E-state index in [1.165, 1.54) is 11.3 Å². The largest absolute Gasteiger partial charge is 0.493 e. The van der Waals surface area contributed by atoms with Crippen LogP contribution in [0.15, 0.2) is 52.7 Å². The molecule has 0 saturated heterocycles. The Morgan fingerprint density at radius 3 is 2.69 bits per heavy atom. The first-order chi connectivity index (χ1) is 15.3. The molecule has 0 aliphatic heterocycles. The van der Waals surface area contributed by atoms with E-state index in [1.54, 1.807) is 19.1 Å². The zero-order chi connectivity index (χ0) is 23.1. The third-order valence-electron chi connectivity index (χ3n) is 4.68. The van der Waals surface area contributed by atoms with Gasteiger partial charge in [0.05, 0.1) is 29.2 Å². The van der Waals surface area contributed by atoms with Crippen LogP contribution >= 0.6 is 11.3 Å². The van der Waals surface area contributed by atoms with Gasteiger partial charge in [-0.05, 0) is 50.1 Å². The number of benzene rings is 2. The van der Waals surface area contributed by atoms with Gasteiger partial charge >= 0.3 is 0 Å². The lowest BCUT2D eigenvalue weighted by Crippen LogP contribution is -2.35. The molecule has 2 aromatic carbocycles. The highest BCUT2D eigenvalue weighted by atomic mass is 32.2. The molecule has 9 heteroatoms. The van der Waals surface area contributed by atoms with Crippen LogP contribution in [0.5, 0.6) is 5.75 Å². The Labute approximate surface area is 192 Å². The third-order valence-corrected chi connectivity index (χ3v) is 7.21. The number of rotatable bonds is 10. The number of para-hydroxylation sites is 1. The van der Waals surface area contributed by atoms with E-state index in [0.717, 1.165) is 21.9 Å². The number of carbonyl (C=O) groups is 1. The lowest BCUT2D eigenvalue weighted by molar-refractivity contribution is -0.120. The standard InChI is InChI=1S/C23H27N3O4S2/c1-4-30-20-8-6-5-7-19(20)23-26-18(15-31-23)14-22(27)24-11-12-25-32(28,29)21-13-16(2)9-10-17(21)3/h5-10,13,15,25H,4,11-12,14H2,1-3H3,(H,24,27). The average molecular weight is 474 g/mol. The Bertz CT molecular complexity index is 1190. The molecule has 0 radical (unpaired) electrons. The van der Waals surface area contributed by atoms with Crippen LogP contribution in [0, 0.1) is 13.8 Å². The van der Waals surface area contributed by atoms with Crippen LogP contribution in [-0.2, 0) is 21.2 Å². The Hall–Kier alpha value is -2.75. The molecule has 0 fully saturated rings. The van der Waals surface area contributed by atoms with E-state index >= 15 is 0 Å². The van der Waals surface area contributed by atoms with E-state index < -0.39 is 10.0 Å². The van der Waals surface area contributed by atoms with Crippen LogP contribution in [0.2, 0.25) is 0 Å². The van der Waals surface area contributed by atoms with Gasteiger partial charge in [0, 0.05) is 18.5 Å². The third kappa shape index (κ3) is 6.15. The summed E-state index contributed by atoms with van der Waals surface area (Å²) in [5.41, 5.74) is 3.10. The predicted octanol–water partition coefficient (Wildman–Crippen LogP) is 3.46. The number of sulfonamides is 1. The fourth-order valence-electron chi connectivity index (χ4n) is 3.13. The number of nitrogens with one attached hydrogen (secondary N) is 2. The van der Waals surface area contributed by atoms with Crippen molar-refractivity contribution in [3.8, 4) is 16.3 Å². The summed E-state index contributed by atoms with van der Waals surface area (Å²) in [4.78, 5) is 17.1. The molecule has 0 aliphatic carbocycles. The highest BCUT2D eigenvalue weighted by Crippen LogP contribution is 2.32. The van der Waals surface area contributed by atoms with Crippen molar-refractivity contribution >= 4 is 27.3 Å². The molecule has 3 aromatic rings. The number of amides is 1. The normalized spacial score (nSPS) is 11.3. The molecular formula is C23H27N3O4S2. The number of aromatic nitrogens is 1. The molecule has 0 saturated carbocycles. The zero-order valence-corrected chi connectivity index (χ0v) is 20.0. The Morgan fingerprint density at radius 1 is 1.12 bits per heavy atom. The summed E-state index contributed by atoms with van der Waals surface area (Å²) >= 11 is 1.45. The summed E-state index contributed by atoms with van der Waals surface area (Å²) in [7, 11) is -3.63. The highest BCUT2D eigenvalue weighted by molar-refractivity contribution is 7.89. The molecule has 32 heavy (non-hydrogen) atoms. The first kappa shape index (κ1) is 23.9. The van der Waals surface area contributed by atoms with Crippen LogP contribution in [0.4, 0.5) is 0 Å². The number of carbonyl (C=O) groups excluding carboxylic acids is 1. The predicted molar refractivity (Wildman–Crippen MR) is 127 cm³/mol. The second kappa shape index (κ2) is 10.7. The molecule has 0 bridgehead atoms. The molecule has 0 aliphatic rings. The summed E-state index contributed by atoms with van der Waals surface area (Å²) in [6.45, 7) is 6.38. The molecule has 1 amide bonds. The fourth-order valence-corrected chi connectivity index (χ4v) is 5.33. The van der Waals surface area contributed by atoms with Gasteiger partial charge in [0.25, 0.3) is 0 Å². The molecular weight excluding hydrogens is 446 g/mol. The summed E-state index contributed by atoms with van der Waals surface area (Å²) in [5, 5.41) is 5.37. The molecule has 0 unspecified atom stereocenters. The van der Waals surface area contributed by atoms with Crippen LogP contribution < -0.4 is 14.8 Å². The maximum atomic E-state index is 12.5. The van der Waals surface area contributed by atoms with Gasteiger partial charge in [-0.15, -0.1) is 11.3 Å². The number of nitrogens with zero attached hydrogens (tertiary/aromatic N) is 1. The summed E-state index contributed by atoms with van der Waals surface area (Å²) in [6.07, 6.45) is 0.122. The number of aryl methyl sites for hydroxylation is 2. The molecule has 3 rings (SSSR count). The van der Waals surface area contributed by atoms with Crippen molar-refractivity contribution in [3.05, 3.63) is 64.7 Å². The highest BCUT2D eigenvalue weighted by Gasteiger charge is 2.17. The van der Waals surface area contributed by atoms with Crippen molar-refractivity contribution in [2.75, 3.05) is 19.7 Å². The molecule has 170 valence electrons. The second-order valence-electron chi connectivity index (χ2n) is 7.27. The fraction of sp³-hybridized carbons (Fsp3) is 0.304. The van der Waals surface area contributed by atoms with Crippen molar-refractivity contribution in [1.82, 2.24) is 15.0 Å². The number of ether oxygens (including phenoxy) is 1. The minimum absolute atomic E-state index is 0.103. The van der Waals surface area contributed by atoms with Gasteiger partial charge in [-0.3, -0.25) is 4.79 Å². The maximum absolute atomic E-state index is 12.5. The number of hydrogen-bond acceptors (Lipinski definition) is 6. The van der Waals surface area contributed by atoms with Crippen molar-refractivity contribution in [2.45, 2.75) is 32.1 Å². The molecule has 0 atom stereocenters. The van der Waals surface area contributed by atoms with Gasteiger partial charge in [0.15, 0.2) is 0 Å². The first-order valence-electron chi connectivity index (χ1n) is 10.3. The van der Waals surface area contributed by atoms with Gasteiger partial charge < -0.3 is 10.1 Å². The summed E-state index contributed by atoms with van der Waals surface area (Å²) < 4.78 is 33.2. The minimum atomic E-state index is -3.63.